The molecule has 0 aromatic carbocycles. The van der Waals surface area contributed by atoms with Gasteiger partial charge in [0.2, 0.25) is 0 Å². The van der Waals surface area contributed by atoms with E-state index in [4.69, 9.17) is 0 Å². The summed E-state index contributed by atoms with van der Waals surface area (Å²) in [6.45, 7) is 2.02. The van der Waals surface area contributed by atoms with Gasteiger partial charge in [0.15, 0.2) is 0 Å². The Balaban J connectivity index is 2.48. The smallest absolute Gasteiger partial charge is 0.254 e. The topological polar surface area (TPSA) is 45.8 Å². The lowest BCUT2D eigenvalue weighted by Crippen LogP contribution is -2.19. The van der Waals surface area contributed by atoms with Gasteiger partial charge >= 0.3 is 0 Å². The molecule has 0 unspecified atom stereocenters. The lowest BCUT2D eigenvalue weighted by molar-refractivity contribution is 0.708. The molecule has 0 amide bonds. The zero-order valence-corrected chi connectivity index (χ0v) is 8.60. The van der Waals surface area contributed by atoms with E-state index < -0.39 is 0 Å². The van der Waals surface area contributed by atoms with Gasteiger partial charge in [-0.3, -0.25) is 4.79 Å². The van der Waals surface area contributed by atoms with Gasteiger partial charge in [-0.2, -0.15) is 0 Å². The van der Waals surface area contributed by atoms with E-state index in [2.05, 4.69) is 9.97 Å². The molecule has 0 radical (unpaired) electrons. The fourth-order valence-electron chi connectivity index (χ4n) is 2.00. The van der Waals surface area contributed by atoms with Gasteiger partial charge in [0.25, 0.3) is 5.56 Å². The number of fused-ring (bicyclic) bond motifs is 1. The van der Waals surface area contributed by atoms with Crippen LogP contribution in [-0.4, -0.2) is 9.97 Å². The Morgan fingerprint density at radius 2 is 2.07 bits per heavy atom. The number of aromatic amines is 1. The van der Waals surface area contributed by atoms with Gasteiger partial charge in [-0.05, 0) is 25.7 Å². The predicted octanol–water partition coefficient (Wildman–Crippen LogP) is 1.60. The van der Waals surface area contributed by atoms with E-state index in [-0.39, 0.29) is 5.56 Å². The number of H-pyrrole nitrogens is 1. The average molecular weight is 192 g/mol. The summed E-state index contributed by atoms with van der Waals surface area (Å²) in [5, 5.41) is 0. The summed E-state index contributed by atoms with van der Waals surface area (Å²) in [4.78, 5) is 19.0. The third-order valence-corrected chi connectivity index (χ3v) is 2.83. The van der Waals surface area contributed by atoms with Crippen molar-refractivity contribution in [3.8, 4) is 0 Å². The molecule has 2 rings (SSSR count). The Bertz CT molecular complexity index is 381. The molecule has 1 heterocycles. The summed E-state index contributed by atoms with van der Waals surface area (Å²) in [7, 11) is 0. The SMILES string of the molecule is CCc1nc2c(c(=O)[nH]1)CCCCC2. The van der Waals surface area contributed by atoms with Crippen LogP contribution in [-0.2, 0) is 19.3 Å². The molecule has 14 heavy (non-hydrogen) atoms. The maximum absolute atomic E-state index is 11.7. The summed E-state index contributed by atoms with van der Waals surface area (Å²) < 4.78 is 0. The molecule has 1 aromatic heterocycles. The number of hydrogen-bond acceptors (Lipinski definition) is 2. The van der Waals surface area contributed by atoms with Gasteiger partial charge in [-0.1, -0.05) is 13.3 Å². The molecular weight excluding hydrogens is 176 g/mol. The molecule has 1 N–H and O–H groups in total. The van der Waals surface area contributed by atoms with Crippen LogP contribution in [0.5, 0.6) is 0 Å². The molecule has 0 atom stereocenters. The number of aromatic nitrogens is 2. The van der Waals surface area contributed by atoms with E-state index in [0.29, 0.717) is 0 Å². The second kappa shape index (κ2) is 3.95. The van der Waals surface area contributed by atoms with Crippen LogP contribution in [0.3, 0.4) is 0 Å². The van der Waals surface area contributed by atoms with E-state index in [9.17, 15) is 4.79 Å². The minimum Gasteiger partial charge on any atom is -0.310 e. The number of hydrogen-bond donors (Lipinski definition) is 1. The number of nitrogens with zero attached hydrogens (tertiary/aromatic N) is 1. The van der Waals surface area contributed by atoms with Crippen molar-refractivity contribution >= 4 is 0 Å². The first-order valence-electron chi connectivity index (χ1n) is 5.42. The van der Waals surface area contributed by atoms with Gasteiger partial charge in [-0.15, -0.1) is 0 Å². The second-order valence-corrected chi connectivity index (χ2v) is 3.85. The monoisotopic (exact) mass is 192 g/mol. The normalized spacial score (nSPS) is 16.1. The highest BCUT2D eigenvalue weighted by atomic mass is 16.1. The molecule has 0 bridgehead atoms. The molecule has 1 aliphatic carbocycles. The highest BCUT2D eigenvalue weighted by Gasteiger charge is 2.13. The van der Waals surface area contributed by atoms with E-state index in [1.165, 1.54) is 12.8 Å². The van der Waals surface area contributed by atoms with Crippen LogP contribution in [0.4, 0.5) is 0 Å². The zero-order valence-electron chi connectivity index (χ0n) is 8.60. The Hall–Kier alpha value is -1.12. The van der Waals surface area contributed by atoms with E-state index >= 15 is 0 Å². The van der Waals surface area contributed by atoms with Crippen LogP contribution in [0, 0.1) is 0 Å². The van der Waals surface area contributed by atoms with Crippen molar-refractivity contribution in [2.75, 3.05) is 0 Å². The van der Waals surface area contributed by atoms with Gasteiger partial charge in [0.05, 0.1) is 5.69 Å². The Labute approximate surface area is 83.6 Å². The van der Waals surface area contributed by atoms with Crippen molar-refractivity contribution < 1.29 is 0 Å². The molecule has 0 saturated carbocycles. The predicted molar refractivity (Wildman–Crippen MR) is 55.5 cm³/mol. The third-order valence-electron chi connectivity index (χ3n) is 2.83. The lowest BCUT2D eigenvalue weighted by Gasteiger charge is -2.05. The van der Waals surface area contributed by atoms with E-state index in [0.717, 1.165) is 42.8 Å². The molecule has 0 fully saturated rings. The Morgan fingerprint density at radius 3 is 2.86 bits per heavy atom. The van der Waals surface area contributed by atoms with Crippen molar-refractivity contribution in [1.82, 2.24) is 9.97 Å². The molecule has 76 valence electrons. The standard InChI is InChI=1S/C11H16N2O/c1-2-10-12-9-7-5-3-4-6-8(9)11(14)13-10/h2-7H2,1H3,(H,12,13,14). The molecule has 3 heteroatoms. The third kappa shape index (κ3) is 1.72. The first-order chi connectivity index (χ1) is 6.81. The largest absolute Gasteiger partial charge is 0.310 e. The van der Waals surface area contributed by atoms with Crippen molar-refractivity contribution in [3.05, 3.63) is 27.4 Å². The summed E-state index contributed by atoms with van der Waals surface area (Å²) >= 11 is 0. The quantitative estimate of drug-likeness (QED) is 0.687. The fourth-order valence-corrected chi connectivity index (χ4v) is 2.00. The molecule has 1 aliphatic rings. The van der Waals surface area contributed by atoms with Crippen LogP contribution < -0.4 is 5.56 Å². The summed E-state index contributed by atoms with van der Waals surface area (Å²) in [5.41, 5.74) is 2.07. The molecule has 0 saturated heterocycles. The van der Waals surface area contributed by atoms with Gasteiger partial charge in [0, 0.05) is 12.0 Å². The van der Waals surface area contributed by atoms with Crippen molar-refractivity contribution in [2.45, 2.75) is 45.4 Å². The summed E-state index contributed by atoms with van der Waals surface area (Å²) in [6, 6.07) is 0. The van der Waals surface area contributed by atoms with Crippen LogP contribution in [0.2, 0.25) is 0 Å². The van der Waals surface area contributed by atoms with Gasteiger partial charge < -0.3 is 4.98 Å². The number of nitrogens with one attached hydrogen (secondary N) is 1. The maximum atomic E-state index is 11.7. The van der Waals surface area contributed by atoms with Crippen LogP contribution in [0.15, 0.2) is 4.79 Å². The van der Waals surface area contributed by atoms with Gasteiger partial charge in [0.1, 0.15) is 5.82 Å². The molecule has 1 aromatic rings. The van der Waals surface area contributed by atoms with Crippen molar-refractivity contribution in [1.29, 1.82) is 0 Å². The van der Waals surface area contributed by atoms with Gasteiger partial charge in [-0.25, -0.2) is 4.98 Å². The molecule has 0 spiro atoms. The molecule has 0 aliphatic heterocycles. The van der Waals surface area contributed by atoms with Crippen molar-refractivity contribution in [2.24, 2.45) is 0 Å². The van der Waals surface area contributed by atoms with E-state index in [1.807, 2.05) is 6.92 Å². The van der Waals surface area contributed by atoms with Crippen molar-refractivity contribution in [3.63, 3.8) is 0 Å². The molecule has 3 nitrogen and oxygen atoms in total. The van der Waals surface area contributed by atoms with E-state index in [1.54, 1.807) is 0 Å². The Morgan fingerprint density at radius 1 is 1.29 bits per heavy atom. The first kappa shape index (κ1) is 9.44. The Kier molecular flexibility index (Phi) is 2.66. The summed E-state index contributed by atoms with van der Waals surface area (Å²) in [5.74, 6) is 0.829. The minimum atomic E-state index is 0.0914. The second-order valence-electron chi connectivity index (χ2n) is 3.85. The number of rotatable bonds is 1. The van der Waals surface area contributed by atoms with Crippen LogP contribution in [0.25, 0.3) is 0 Å². The average Bonchev–Trinajstić information content (AvgIpc) is 2.42. The zero-order chi connectivity index (χ0) is 9.97. The summed E-state index contributed by atoms with van der Waals surface area (Å²) in [6.07, 6.45) is 6.21. The van der Waals surface area contributed by atoms with Crippen LogP contribution >= 0.6 is 0 Å². The number of aryl methyl sites for hydroxylation is 2. The lowest BCUT2D eigenvalue weighted by atomic mass is 10.1. The minimum absolute atomic E-state index is 0.0914. The maximum Gasteiger partial charge on any atom is 0.254 e. The highest BCUT2D eigenvalue weighted by Crippen LogP contribution is 2.15. The van der Waals surface area contributed by atoms with Crippen LogP contribution in [0.1, 0.15) is 43.3 Å². The highest BCUT2D eigenvalue weighted by molar-refractivity contribution is 5.19. The molecular formula is C11H16N2O. The first-order valence-corrected chi connectivity index (χ1v) is 5.42. The fraction of sp³-hybridized carbons (Fsp3) is 0.636.